The first-order valence-corrected chi connectivity index (χ1v) is 8.13. The van der Waals surface area contributed by atoms with Gasteiger partial charge in [0.1, 0.15) is 12.4 Å². The zero-order valence-corrected chi connectivity index (χ0v) is 14.0. The third-order valence-electron chi connectivity index (χ3n) is 3.04. The van der Waals surface area contributed by atoms with E-state index >= 15 is 0 Å². The van der Waals surface area contributed by atoms with Gasteiger partial charge in [-0.15, -0.1) is 11.7 Å². The van der Waals surface area contributed by atoms with Crippen molar-refractivity contribution in [3.8, 4) is 5.75 Å². The van der Waals surface area contributed by atoms with Gasteiger partial charge >= 0.3 is 0 Å². The van der Waals surface area contributed by atoms with Crippen LogP contribution in [0.3, 0.4) is 0 Å². The van der Waals surface area contributed by atoms with Crippen molar-refractivity contribution in [2.24, 2.45) is 0 Å². The highest BCUT2D eigenvalue weighted by Gasteiger charge is 2.16. The third-order valence-corrected chi connectivity index (χ3v) is 4.00. The number of nitrogens with zero attached hydrogens (tertiary/aromatic N) is 2. The number of aromatic amines is 1. The normalized spacial score (nSPS) is 11.7. The molecule has 1 amide bonds. The number of benzene rings is 1. The molecule has 0 aliphatic heterocycles. The highest BCUT2D eigenvalue weighted by Crippen LogP contribution is 2.20. The molecule has 1 heterocycles. The van der Waals surface area contributed by atoms with Crippen LogP contribution < -0.4 is 10.1 Å². The lowest BCUT2D eigenvalue weighted by Crippen LogP contribution is -2.30. The molecule has 0 spiro atoms. The van der Waals surface area contributed by atoms with Gasteiger partial charge in [0, 0.05) is 6.54 Å². The van der Waals surface area contributed by atoms with Crippen LogP contribution >= 0.6 is 11.8 Å². The average Bonchev–Trinajstić information content (AvgIpc) is 2.99. The maximum Gasteiger partial charge on any atom is 0.233 e. The Morgan fingerprint density at radius 3 is 3.04 bits per heavy atom. The van der Waals surface area contributed by atoms with Crippen LogP contribution in [-0.4, -0.2) is 32.9 Å². The summed E-state index contributed by atoms with van der Waals surface area (Å²) in [6, 6.07) is 7.78. The van der Waals surface area contributed by atoms with E-state index in [1.807, 2.05) is 38.1 Å². The van der Waals surface area contributed by atoms with Crippen LogP contribution in [0.2, 0.25) is 0 Å². The van der Waals surface area contributed by atoms with Crippen LogP contribution in [0.4, 0.5) is 0 Å². The molecule has 0 saturated carbocycles. The van der Waals surface area contributed by atoms with E-state index in [1.54, 1.807) is 6.08 Å². The van der Waals surface area contributed by atoms with E-state index in [0.29, 0.717) is 24.1 Å². The van der Waals surface area contributed by atoms with Crippen LogP contribution in [0.25, 0.3) is 0 Å². The molecule has 0 fully saturated rings. The number of nitrogens with one attached hydrogen (secondary N) is 2. The van der Waals surface area contributed by atoms with Gasteiger partial charge in [-0.25, -0.2) is 4.98 Å². The molecule has 7 heteroatoms. The Labute approximate surface area is 139 Å². The maximum absolute atomic E-state index is 11.8. The van der Waals surface area contributed by atoms with Crippen LogP contribution in [0.5, 0.6) is 5.75 Å². The zero-order valence-electron chi connectivity index (χ0n) is 13.2. The lowest BCUT2D eigenvalue weighted by molar-refractivity contribution is -0.120. The number of thioether (sulfide) groups is 1. The first-order chi connectivity index (χ1) is 11.1. The van der Waals surface area contributed by atoms with Crippen molar-refractivity contribution in [3.63, 3.8) is 0 Å². The topological polar surface area (TPSA) is 79.9 Å². The molecule has 2 rings (SSSR count). The van der Waals surface area contributed by atoms with Crippen molar-refractivity contribution in [2.75, 3.05) is 6.54 Å². The molecule has 1 aromatic carbocycles. The Morgan fingerprint density at radius 2 is 2.30 bits per heavy atom. The predicted octanol–water partition coefficient (Wildman–Crippen LogP) is 2.47. The summed E-state index contributed by atoms with van der Waals surface area (Å²) in [6.07, 6.45) is 1.64. The van der Waals surface area contributed by atoms with Crippen molar-refractivity contribution in [3.05, 3.63) is 48.3 Å². The summed E-state index contributed by atoms with van der Waals surface area (Å²) in [5, 5.41) is 9.91. The molecule has 0 unspecified atom stereocenters. The minimum Gasteiger partial charge on any atom is -0.485 e. The number of rotatable bonds is 8. The van der Waals surface area contributed by atoms with E-state index in [1.165, 1.54) is 11.8 Å². The summed E-state index contributed by atoms with van der Waals surface area (Å²) >= 11 is 1.29. The fourth-order valence-corrected chi connectivity index (χ4v) is 2.56. The van der Waals surface area contributed by atoms with E-state index in [9.17, 15) is 4.79 Å². The molecule has 1 aromatic heterocycles. The molecule has 6 nitrogen and oxygen atoms in total. The van der Waals surface area contributed by atoms with Crippen LogP contribution in [0, 0.1) is 6.92 Å². The second kappa shape index (κ2) is 8.38. The van der Waals surface area contributed by atoms with Crippen molar-refractivity contribution in [1.29, 1.82) is 0 Å². The van der Waals surface area contributed by atoms with Crippen LogP contribution in [0.1, 0.15) is 18.3 Å². The molecule has 23 heavy (non-hydrogen) atoms. The van der Waals surface area contributed by atoms with Crippen molar-refractivity contribution in [1.82, 2.24) is 20.5 Å². The van der Waals surface area contributed by atoms with Gasteiger partial charge in [0.05, 0.1) is 5.25 Å². The summed E-state index contributed by atoms with van der Waals surface area (Å²) in [4.78, 5) is 16.1. The fourth-order valence-electron chi connectivity index (χ4n) is 1.79. The molecule has 122 valence electrons. The Kier molecular flexibility index (Phi) is 6.22. The van der Waals surface area contributed by atoms with Gasteiger partial charge in [-0.1, -0.05) is 36.0 Å². The minimum absolute atomic E-state index is 0.0718. The van der Waals surface area contributed by atoms with Gasteiger partial charge in [0.2, 0.25) is 11.1 Å². The number of H-pyrrole nitrogens is 1. The second-order valence-corrected chi connectivity index (χ2v) is 6.22. The number of aromatic nitrogens is 3. The van der Waals surface area contributed by atoms with E-state index in [4.69, 9.17) is 4.74 Å². The van der Waals surface area contributed by atoms with Crippen molar-refractivity contribution < 1.29 is 9.53 Å². The molecule has 0 radical (unpaired) electrons. The number of aryl methyl sites for hydroxylation is 1. The largest absolute Gasteiger partial charge is 0.485 e. The summed E-state index contributed by atoms with van der Waals surface area (Å²) in [5.41, 5.74) is 1.06. The van der Waals surface area contributed by atoms with Crippen molar-refractivity contribution >= 4 is 17.7 Å². The minimum atomic E-state index is -0.282. The molecule has 0 aliphatic rings. The van der Waals surface area contributed by atoms with E-state index in [-0.39, 0.29) is 11.2 Å². The number of amides is 1. The molecule has 2 N–H and O–H groups in total. The number of hydrogen-bond donors (Lipinski definition) is 2. The Morgan fingerprint density at radius 1 is 1.52 bits per heavy atom. The lowest BCUT2D eigenvalue weighted by Gasteiger charge is -2.08. The van der Waals surface area contributed by atoms with Gasteiger partial charge in [-0.05, 0) is 25.5 Å². The van der Waals surface area contributed by atoms with Gasteiger partial charge in [-0.3, -0.25) is 9.89 Å². The van der Waals surface area contributed by atoms with Gasteiger partial charge in [0.15, 0.2) is 5.82 Å². The molecular weight excluding hydrogens is 312 g/mol. The average molecular weight is 332 g/mol. The van der Waals surface area contributed by atoms with E-state index in [0.717, 1.165) is 11.3 Å². The number of carbonyl (C=O) groups is 1. The summed E-state index contributed by atoms with van der Waals surface area (Å²) in [6.45, 7) is 8.11. The Bertz CT molecular complexity index is 672. The molecule has 0 aliphatic carbocycles. The van der Waals surface area contributed by atoms with Gasteiger partial charge < -0.3 is 10.1 Å². The standard InChI is InChI=1S/C16H20N4O2S/c1-4-9-17-15(21)12(3)23-16-18-14(19-20-16)10-22-13-8-6-5-7-11(13)2/h4-8,12H,1,9-10H2,2-3H3,(H,17,21)(H,18,19,20)/t12-/m1/s1. The highest BCUT2D eigenvalue weighted by atomic mass is 32.2. The molecule has 0 saturated heterocycles. The van der Waals surface area contributed by atoms with Gasteiger partial charge in [-0.2, -0.15) is 0 Å². The second-order valence-electron chi connectivity index (χ2n) is 4.91. The number of para-hydroxylation sites is 1. The summed E-state index contributed by atoms with van der Waals surface area (Å²) in [5.74, 6) is 1.36. The monoisotopic (exact) mass is 332 g/mol. The SMILES string of the molecule is C=CCNC(=O)[C@@H](C)Sc1n[nH]c(COc2ccccc2C)n1. The smallest absolute Gasteiger partial charge is 0.233 e. The maximum atomic E-state index is 11.8. The van der Waals surface area contributed by atoms with Gasteiger partial charge in [0.25, 0.3) is 0 Å². The van der Waals surface area contributed by atoms with E-state index in [2.05, 4.69) is 27.1 Å². The zero-order chi connectivity index (χ0) is 16.7. The first-order valence-electron chi connectivity index (χ1n) is 7.25. The molecular formula is C16H20N4O2S. The summed E-state index contributed by atoms with van der Waals surface area (Å²) < 4.78 is 5.71. The van der Waals surface area contributed by atoms with Crippen LogP contribution in [0.15, 0.2) is 42.1 Å². The predicted molar refractivity (Wildman–Crippen MR) is 90.4 cm³/mol. The fraction of sp³-hybridized carbons (Fsp3) is 0.312. The van der Waals surface area contributed by atoms with Crippen molar-refractivity contribution in [2.45, 2.75) is 30.9 Å². The number of ether oxygens (including phenoxy) is 1. The summed E-state index contributed by atoms with van der Waals surface area (Å²) in [7, 11) is 0. The Hall–Kier alpha value is -2.28. The Balaban J connectivity index is 1.87. The highest BCUT2D eigenvalue weighted by molar-refractivity contribution is 8.00. The third kappa shape index (κ3) is 5.14. The quantitative estimate of drug-likeness (QED) is 0.573. The molecule has 0 bridgehead atoms. The number of carbonyl (C=O) groups excluding carboxylic acids is 1. The molecule has 1 atom stereocenters. The molecule has 2 aromatic rings. The first kappa shape index (κ1) is 17.1. The van der Waals surface area contributed by atoms with E-state index < -0.39 is 0 Å². The number of hydrogen-bond acceptors (Lipinski definition) is 5. The lowest BCUT2D eigenvalue weighted by atomic mass is 10.2. The van der Waals surface area contributed by atoms with Crippen LogP contribution in [-0.2, 0) is 11.4 Å².